The first kappa shape index (κ1) is 22.1. The summed E-state index contributed by atoms with van der Waals surface area (Å²) in [5, 5.41) is 33.2. The summed E-state index contributed by atoms with van der Waals surface area (Å²) in [6.07, 6.45) is 1.26. The van der Waals surface area contributed by atoms with Crippen molar-refractivity contribution in [1.82, 2.24) is 19.5 Å². The van der Waals surface area contributed by atoms with Crippen LogP contribution in [0.3, 0.4) is 0 Å². The number of aliphatic hydroxyl groups excluding tert-OH is 3. The molecule has 0 unspecified atom stereocenters. The van der Waals surface area contributed by atoms with Crippen LogP contribution in [0.15, 0.2) is 36.9 Å². The molecule has 10 nitrogen and oxygen atoms in total. The smallest absolute Gasteiger partial charge is 0.167 e. The largest absolute Gasteiger partial charge is 0.394 e. The lowest BCUT2D eigenvalue weighted by atomic mass is 10.1. The molecular weight excluding hydrogens is 433 g/mol. The Kier molecular flexibility index (Phi) is 6.21. The number of hydrogen-bond donors (Lipinski definition) is 4. The summed E-state index contributed by atoms with van der Waals surface area (Å²) >= 11 is 0. The maximum absolute atomic E-state index is 13.4. The van der Waals surface area contributed by atoms with Crippen molar-refractivity contribution in [2.24, 2.45) is 0 Å². The molecule has 1 saturated heterocycles. The van der Waals surface area contributed by atoms with E-state index in [1.807, 2.05) is 6.07 Å². The van der Waals surface area contributed by atoms with Gasteiger partial charge in [0.1, 0.15) is 30.5 Å². The van der Waals surface area contributed by atoms with E-state index < -0.39 is 31.1 Å². The second kappa shape index (κ2) is 9.27. The number of nitrogens with one attached hydrogen (secondary N) is 1. The Morgan fingerprint density at radius 2 is 2.06 bits per heavy atom. The molecule has 6 atom stereocenters. The summed E-state index contributed by atoms with van der Waals surface area (Å²) in [4.78, 5) is 13.0. The second-order valence-corrected chi connectivity index (χ2v) is 8.44. The minimum absolute atomic E-state index is 0.00396. The topological polar surface area (TPSA) is 135 Å². The maximum atomic E-state index is 13.4. The van der Waals surface area contributed by atoms with Crippen LogP contribution in [0, 0.1) is 5.82 Å². The molecule has 1 aromatic carbocycles. The highest BCUT2D eigenvalue weighted by Gasteiger charge is 2.44. The molecular formula is C22H26FN5O5. The van der Waals surface area contributed by atoms with Crippen molar-refractivity contribution in [1.29, 1.82) is 0 Å². The Morgan fingerprint density at radius 1 is 1.18 bits per heavy atom. The highest BCUT2D eigenvalue weighted by molar-refractivity contribution is 5.82. The number of aliphatic hydroxyl groups is 3. The van der Waals surface area contributed by atoms with Crippen LogP contribution >= 0.6 is 0 Å². The molecule has 0 amide bonds. The zero-order valence-electron chi connectivity index (χ0n) is 17.8. The van der Waals surface area contributed by atoms with Crippen LogP contribution in [0.1, 0.15) is 31.1 Å². The number of halogens is 1. The summed E-state index contributed by atoms with van der Waals surface area (Å²) in [6.45, 7) is -0.0957. The number of benzene rings is 1. The van der Waals surface area contributed by atoms with Crippen molar-refractivity contribution in [3.05, 3.63) is 48.3 Å². The summed E-state index contributed by atoms with van der Waals surface area (Å²) < 4.78 is 26.6. The minimum atomic E-state index is -1.23. The molecule has 33 heavy (non-hydrogen) atoms. The molecule has 1 aliphatic heterocycles. The number of imidazole rings is 1. The van der Waals surface area contributed by atoms with Gasteiger partial charge < -0.3 is 30.1 Å². The van der Waals surface area contributed by atoms with Gasteiger partial charge in [0, 0.05) is 0 Å². The predicted octanol–water partition coefficient (Wildman–Crippen LogP) is 1.13. The van der Waals surface area contributed by atoms with Gasteiger partial charge in [-0.05, 0) is 37.0 Å². The third-order valence-corrected chi connectivity index (χ3v) is 6.28. The monoisotopic (exact) mass is 459 g/mol. The van der Waals surface area contributed by atoms with Gasteiger partial charge in [0.15, 0.2) is 23.2 Å². The number of hydrogen-bond acceptors (Lipinski definition) is 9. The van der Waals surface area contributed by atoms with Gasteiger partial charge in [0.2, 0.25) is 0 Å². The zero-order valence-corrected chi connectivity index (χ0v) is 17.8. The first-order valence-electron chi connectivity index (χ1n) is 11.0. The normalized spacial score (nSPS) is 29.7. The number of ether oxygens (including phenoxy) is 2. The van der Waals surface area contributed by atoms with E-state index in [2.05, 4.69) is 20.3 Å². The second-order valence-electron chi connectivity index (χ2n) is 8.44. The summed E-state index contributed by atoms with van der Waals surface area (Å²) in [5.74, 6) is 0.238. The van der Waals surface area contributed by atoms with Gasteiger partial charge >= 0.3 is 0 Å². The average molecular weight is 459 g/mol. The van der Waals surface area contributed by atoms with E-state index in [1.54, 1.807) is 6.07 Å². The molecule has 4 N–H and O–H groups in total. The van der Waals surface area contributed by atoms with Crippen molar-refractivity contribution in [2.75, 3.05) is 11.9 Å². The molecule has 3 heterocycles. The Hall–Kier alpha value is -2.70. The summed E-state index contributed by atoms with van der Waals surface area (Å²) in [6, 6.07) is 6.37. The zero-order chi connectivity index (χ0) is 22.9. The van der Waals surface area contributed by atoms with E-state index in [9.17, 15) is 19.7 Å². The van der Waals surface area contributed by atoms with Crippen LogP contribution in [-0.4, -0.2) is 71.9 Å². The number of rotatable bonds is 7. The van der Waals surface area contributed by atoms with Crippen LogP contribution in [-0.2, 0) is 16.1 Å². The van der Waals surface area contributed by atoms with Gasteiger partial charge in [-0.25, -0.2) is 19.3 Å². The molecule has 1 saturated carbocycles. The van der Waals surface area contributed by atoms with Gasteiger partial charge in [0.05, 0.1) is 31.7 Å². The number of fused-ring (bicyclic) bond motifs is 1. The third-order valence-electron chi connectivity index (χ3n) is 6.28. The Balaban J connectivity index is 1.32. The van der Waals surface area contributed by atoms with Crippen molar-refractivity contribution in [2.45, 2.75) is 62.6 Å². The number of aromatic nitrogens is 4. The molecule has 2 aliphatic rings. The van der Waals surface area contributed by atoms with Gasteiger partial charge in [0.25, 0.3) is 0 Å². The Morgan fingerprint density at radius 3 is 2.85 bits per heavy atom. The quantitative estimate of drug-likeness (QED) is 0.410. The van der Waals surface area contributed by atoms with E-state index in [0.717, 1.165) is 24.8 Å². The van der Waals surface area contributed by atoms with Crippen LogP contribution in [0.5, 0.6) is 0 Å². The molecule has 1 aliphatic carbocycles. The molecule has 2 fully saturated rings. The lowest BCUT2D eigenvalue weighted by Crippen LogP contribution is -2.33. The van der Waals surface area contributed by atoms with Gasteiger partial charge in [-0.1, -0.05) is 12.1 Å². The third kappa shape index (κ3) is 4.30. The van der Waals surface area contributed by atoms with E-state index in [-0.39, 0.29) is 18.0 Å². The standard InChI is InChI=1S/C22H26FN5O5/c23-13-4-1-3-12(7-13)9-32-15-6-2-5-14(15)27-20-17-21(25-10-24-20)28(11-26-17)22-19(31)18(30)16(8-29)33-22/h1,3-4,7,10-11,14-16,18-19,22,29-31H,2,5-6,8-9H2,(H,24,25,27)/t14-,15-,16+,18+,19+,22+/m0/s1. The summed E-state index contributed by atoms with van der Waals surface area (Å²) in [7, 11) is 0. The number of anilines is 1. The fraction of sp³-hybridized carbons (Fsp3) is 0.500. The molecule has 2 aromatic heterocycles. The lowest BCUT2D eigenvalue weighted by molar-refractivity contribution is -0.0511. The highest BCUT2D eigenvalue weighted by atomic mass is 19.1. The number of nitrogens with zero attached hydrogens (tertiary/aromatic N) is 4. The van der Waals surface area contributed by atoms with E-state index in [1.165, 1.54) is 29.4 Å². The molecule has 176 valence electrons. The molecule has 0 spiro atoms. The Bertz CT molecular complexity index is 1110. The fourth-order valence-electron chi connectivity index (χ4n) is 4.55. The maximum Gasteiger partial charge on any atom is 0.167 e. The lowest BCUT2D eigenvalue weighted by Gasteiger charge is -2.22. The van der Waals surface area contributed by atoms with Crippen molar-refractivity contribution in [3.63, 3.8) is 0 Å². The van der Waals surface area contributed by atoms with Crippen molar-refractivity contribution < 1.29 is 29.2 Å². The van der Waals surface area contributed by atoms with Crippen LogP contribution in [0.2, 0.25) is 0 Å². The van der Waals surface area contributed by atoms with E-state index in [0.29, 0.717) is 23.6 Å². The van der Waals surface area contributed by atoms with Crippen LogP contribution < -0.4 is 5.32 Å². The van der Waals surface area contributed by atoms with Gasteiger partial charge in [-0.3, -0.25) is 4.57 Å². The van der Waals surface area contributed by atoms with E-state index >= 15 is 0 Å². The summed E-state index contributed by atoms with van der Waals surface area (Å²) in [5.41, 5.74) is 1.70. The molecule has 0 bridgehead atoms. The Labute approximate surface area is 189 Å². The van der Waals surface area contributed by atoms with Crippen molar-refractivity contribution in [3.8, 4) is 0 Å². The highest BCUT2D eigenvalue weighted by Crippen LogP contribution is 2.33. The first-order valence-corrected chi connectivity index (χ1v) is 11.0. The van der Waals surface area contributed by atoms with Crippen LogP contribution in [0.4, 0.5) is 10.2 Å². The average Bonchev–Trinajstić information content (AvgIpc) is 3.51. The molecule has 0 radical (unpaired) electrons. The first-order chi connectivity index (χ1) is 16.0. The molecule has 11 heteroatoms. The van der Waals surface area contributed by atoms with E-state index in [4.69, 9.17) is 9.47 Å². The minimum Gasteiger partial charge on any atom is -0.394 e. The fourth-order valence-corrected chi connectivity index (χ4v) is 4.55. The van der Waals surface area contributed by atoms with Gasteiger partial charge in [-0.15, -0.1) is 0 Å². The van der Waals surface area contributed by atoms with Crippen molar-refractivity contribution >= 4 is 17.0 Å². The SMILES string of the molecule is OC[C@H]1O[C@@H](n2cnc3c(N[C@H]4CCC[C@@H]4OCc4cccc(F)c4)ncnc32)[C@H](O)[C@@H]1O. The van der Waals surface area contributed by atoms with Crippen LogP contribution in [0.25, 0.3) is 11.2 Å². The molecule has 5 rings (SSSR count). The predicted molar refractivity (Wildman–Crippen MR) is 115 cm³/mol. The van der Waals surface area contributed by atoms with Gasteiger partial charge in [-0.2, -0.15) is 0 Å². The molecule has 3 aromatic rings.